The number of halogens is 1. The lowest BCUT2D eigenvalue weighted by Crippen LogP contribution is -2.30. The highest BCUT2D eigenvalue weighted by atomic mass is 79.9. The Balaban J connectivity index is 2.92. The molecular weight excluding hydrogens is 306 g/mol. The third-order valence-electron chi connectivity index (χ3n) is 2.14. The fraction of sp³-hybridized carbons (Fsp3) is 0.400. The summed E-state index contributed by atoms with van der Waals surface area (Å²) >= 11 is 3.29. The lowest BCUT2D eigenvalue weighted by Gasteiger charge is -2.12. The molecule has 0 heterocycles. The van der Waals surface area contributed by atoms with E-state index in [1.807, 2.05) is 13.8 Å². The van der Waals surface area contributed by atoms with Crippen molar-refractivity contribution in [3.63, 3.8) is 0 Å². The largest absolute Gasteiger partial charge is 0.398 e. The summed E-state index contributed by atoms with van der Waals surface area (Å²) in [5.41, 5.74) is 7.59. The zero-order valence-electron chi connectivity index (χ0n) is 9.75. The topological polar surface area (TPSA) is 84.2 Å². The smallest absolute Gasteiger partial charge is 0.299 e. The maximum absolute atomic E-state index is 11.6. The van der Waals surface area contributed by atoms with Crippen molar-refractivity contribution in [1.29, 1.82) is 0 Å². The molecule has 0 fully saturated rings. The van der Waals surface area contributed by atoms with Crippen LogP contribution in [0.4, 0.5) is 11.4 Å². The summed E-state index contributed by atoms with van der Waals surface area (Å²) in [5, 5.41) is 0. The third-order valence-corrected chi connectivity index (χ3v) is 3.87. The molecule has 0 aliphatic heterocycles. The molecule has 4 N–H and O–H groups in total. The Bertz CT molecular complexity index is 503. The Morgan fingerprint density at radius 2 is 2.06 bits per heavy atom. The van der Waals surface area contributed by atoms with Crippen molar-refractivity contribution in [2.75, 3.05) is 17.0 Å². The van der Waals surface area contributed by atoms with Crippen LogP contribution in [0.5, 0.6) is 0 Å². The lowest BCUT2D eigenvalue weighted by molar-refractivity contribution is 0.586. The maximum Gasteiger partial charge on any atom is 0.299 e. The van der Waals surface area contributed by atoms with Gasteiger partial charge in [0.15, 0.2) is 0 Å². The average molecular weight is 322 g/mol. The molecule has 1 aromatic rings. The predicted molar refractivity (Wildman–Crippen MR) is 74.1 cm³/mol. The first kappa shape index (κ1) is 14.3. The number of nitrogens with one attached hydrogen (secondary N) is 2. The van der Waals surface area contributed by atoms with E-state index in [1.165, 1.54) is 0 Å². The van der Waals surface area contributed by atoms with Crippen LogP contribution >= 0.6 is 15.9 Å². The van der Waals surface area contributed by atoms with Gasteiger partial charge in [-0.1, -0.05) is 6.92 Å². The van der Waals surface area contributed by atoms with Gasteiger partial charge in [-0.25, -0.2) is 0 Å². The number of aryl methyl sites for hydroxylation is 1. The molecule has 0 amide bonds. The van der Waals surface area contributed by atoms with E-state index in [-0.39, 0.29) is 0 Å². The SMILES string of the molecule is CCCNS(=O)(=O)Nc1cc(N)c(C)cc1Br. The highest BCUT2D eigenvalue weighted by Crippen LogP contribution is 2.28. The summed E-state index contributed by atoms with van der Waals surface area (Å²) in [6.07, 6.45) is 0.734. The normalized spacial score (nSPS) is 11.5. The number of rotatable bonds is 5. The number of hydrogen-bond donors (Lipinski definition) is 3. The van der Waals surface area contributed by atoms with Crippen molar-refractivity contribution in [1.82, 2.24) is 4.72 Å². The van der Waals surface area contributed by atoms with Gasteiger partial charge in [0.25, 0.3) is 10.2 Å². The monoisotopic (exact) mass is 321 g/mol. The second kappa shape index (κ2) is 5.70. The van der Waals surface area contributed by atoms with Gasteiger partial charge in [0.2, 0.25) is 0 Å². The lowest BCUT2D eigenvalue weighted by atomic mass is 10.2. The van der Waals surface area contributed by atoms with Gasteiger partial charge in [-0.05, 0) is 47.0 Å². The van der Waals surface area contributed by atoms with E-state index in [4.69, 9.17) is 5.73 Å². The van der Waals surface area contributed by atoms with E-state index in [2.05, 4.69) is 25.4 Å². The minimum absolute atomic E-state index is 0.397. The van der Waals surface area contributed by atoms with Gasteiger partial charge in [0.05, 0.1) is 5.69 Å². The van der Waals surface area contributed by atoms with Crippen molar-refractivity contribution < 1.29 is 8.42 Å². The van der Waals surface area contributed by atoms with Gasteiger partial charge in [0.1, 0.15) is 0 Å². The Hall–Kier alpha value is -0.790. The average Bonchev–Trinajstić information content (AvgIpc) is 2.23. The highest BCUT2D eigenvalue weighted by Gasteiger charge is 2.12. The minimum Gasteiger partial charge on any atom is -0.398 e. The summed E-state index contributed by atoms with van der Waals surface area (Å²) < 4.78 is 28.7. The molecule has 1 aromatic carbocycles. The first-order valence-corrected chi connectivity index (χ1v) is 7.46. The van der Waals surface area contributed by atoms with E-state index in [0.29, 0.717) is 22.4 Å². The van der Waals surface area contributed by atoms with E-state index >= 15 is 0 Å². The molecule has 0 saturated carbocycles. The van der Waals surface area contributed by atoms with Gasteiger partial charge in [-0.3, -0.25) is 4.72 Å². The molecule has 0 radical (unpaired) electrons. The molecular formula is C10H16BrN3O2S. The molecule has 0 saturated heterocycles. The van der Waals surface area contributed by atoms with E-state index < -0.39 is 10.2 Å². The summed E-state index contributed by atoms with van der Waals surface area (Å²) in [6.45, 7) is 4.14. The van der Waals surface area contributed by atoms with Crippen LogP contribution < -0.4 is 15.2 Å². The molecule has 96 valence electrons. The van der Waals surface area contributed by atoms with Gasteiger partial charge in [-0.15, -0.1) is 0 Å². The molecule has 0 aliphatic carbocycles. The standard InChI is InChI=1S/C10H16BrN3O2S/c1-3-4-13-17(15,16)14-10-6-9(12)7(2)5-8(10)11/h5-6,13-14H,3-4,12H2,1-2H3. The van der Waals surface area contributed by atoms with Crippen molar-refractivity contribution in [3.05, 3.63) is 22.2 Å². The molecule has 0 aliphatic rings. The summed E-state index contributed by atoms with van der Waals surface area (Å²) in [7, 11) is -3.53. The Morgan fingerprint density at radius 1 is 1.41 bits per heavy atom. The van der Waals surface area contributed by atoms with Crippen LogP contribution in [0.1, 0.15) is 18.9 Å². The van der Waals surface area contributed by atoms with E-state index in [1.54, 1.807) is 12.1 Å². The molecule has 0 aromatic heterocycles. The van der Waals surface area contributed by atoms with Gasteiger partial charge in [0, 0.05) is 16.7 Å². The first-order chi connectivity index (χ1) is 7.85. The second-order valence-electron chi connectivity index (χ2n) is 3.69. The number of benzene rings is 1. The molecule has 0 spiro atoms. The molecule has 0 atom stereocenters. The van der Waals surface area contributed by atoms with Crippen molar-refractivity contribution in [3.8, 4) is 0 Å². The van der Waals surface area contributed by atoms with Gasteiger partial charge >= 0.3 is 0 Å². The number of nitrogens with two attached hydrogens (primary N) is 1. The highest BCUT2D eigenvalue weighted by molar-refractivity contribution is 9.10. The molecule has 5 nitrogen and oxygen atoms in total. The predicted octanol–water partition coefficient (Wildman–Crippen LogP) is 2.00. The van der Waals surface area contributed by atoms with Crippen LogP contribution in [0.3, 0.4) is 0 Å². The van der Waals surface area contributed by atoms with Crippen LogP contribution in [0.25, 0.3) is 0 Å². The molecule has 0 unspecified atom stereocenters. The fourth-order valence-corrected chi connectivity index (χ4v) is 2.88. The van der Waals surface area contributed by atoms with Gasteiger partial charge in [-0.2, -0.15) is 13.1 Å². The zero-order valence-corrected chi connectivity index (χ0v) is 12.2. The Labute approximate surface area is 110 Å². The number of hydrogen-bond acceptors (Lipinski definition) is 3. The quantitative estimate of drug-likeness (QED) is 0.725. The number of nitrogen functional groups attached to an aromatic ring is 1. The maximum atomic E-state index is 11.6. The fourth-order valence-electron chi connectivity index (χ4n) is 1.18. The Morgan fingerprint density at radius 3 is 2.65 bits per heavy atom. The van der Waals surface area contributed by atoms with Crippen LogP contribution in [-0.4, -0.2) is 15.0 Å². The Kier molecular flexibility index (Phi) is 4.79. The zero-order chi connectivity index (χ0) is 13.1. The summed E-state index contributed by atoms with van der Waals surface area (Å²) in [5.74, 6) is 0. The van der Waals surface area contributed by atoms with Crippen LogP contribution in [0, 0.1) is 6.92 Å². The minimum atomic E-state index is -3.53. The third kappa shape index (κ3) is 4.18. The van der Waals surface area contributed by atoms with Crippen molar-refractivity contribution in [2.45, 2.75) is 20.3 Å². The van der Waals surface area contributed by atoms with Gasteiger partial charge < -0.3 is 5.73 Å². The van der Waals surface area contributed by atoms with Crippen molar-refractivity contribution >= 4 is 37.5 Å². The van der Waals surface area contributed by atoms with E-state index in [9.17, 15) is 8.42 Å². The molecule has 17 heavy (non-hydrogen) atoms. The molecule has 0 bridgehead atoms. The van der Waals surface area contributed by atoms with Crippen LogP contribution in [0.2, 0.25) is 0 Å². The number of anilines is 2. The first-order valence-electron chi connectivity index (χ1n) is 5.18. The molecule has 7 heteroatoms. The van der Waals surface area contributed by atoms with Crippen LogP contribution in [-0.2, 0) is 10.2 Å². The van der Waals surface area contributed by atoms with Crippen molar-refractivity contribution in [2.24, 2.45) is 0 Å². The summed E-state index contributed by atoms with van der Waals surface area (Å²) in [6, 6.07) is 3.36. The van der Waals surface area contributed by atoms with E-state index in [0.717, 1.165) is 12.0 Å². The van der Waals surface area contributed by atoms with Crippen LogP contribution in [0.15, 0.2) is 16.6 Å². The molecule has 1 rings (SSSR count). The second-order valence-corrected chi connectivity index (χ2v) is 6.04. The summed E-state index contributed by atoms with van der Waals surface area (Å²) in [4.78, 5) is 0.